The third-order valence-electron chi connectivity index (χ3n) is 4.26. The normalized spacial score (nSPS) is 10.5. The van der Waals surface area contributed by atoms with E-state index >= 15 is 0 Å². The summed E-state index contributed by atoms with van der Waals surface area (Å²) in [5.41, 5.74) is 5.18. The highest BCUT2D eigenvalue weighted by Gasteiger charge is 2.11. The zero-order chi connectivity index (χ0) is 19.5. The zero-order valence-electron chi connectivity index (χ0n) is 14.6. The maximum atomic E-state index is 9.04. The van der Waals surface area contributed by atoms with Crippen molar-refractivity contribution in [2.24, 2.45) is 0 Å². The second-order valence-electron chi connectivity index (χ2n) is 6.17. The third kappa shape index (κ3) is 4.04. The van der Waals surface area contributed by atoms with Crippen LogP contribution in [0.4, 0.5) is 0 Å². The van der Waals surface area contributed by atoms with E-state index in [0.29, 0.717) is 11.4 Å². The molecule has 0 unspecified atom stereocenters. The van der Waals surface area contributed by atoms with Crippen LogP contribution >= 0.6 is 31.9 Å². The van der Waals surface area contributed by atoms with Gasteiger partial charge in [-0.25, -0.2) is 9.97 Å². The van der Waals surface area contributed by atoms with Gasteiger partial charge in [0.05, 0.1) is 23.0 Å². The molecule has 0 aliphatic carbocycles. The van der Waals surface area contributed by atoms with Gasteiger partial charge < -0.3 is 0 Å². The molecule has 3 aromatic carbocycles. The van der Waals surface area contributed by atoms with Crippen LogP contribution in [0.15, 0.2) is 87.8 Å². The molecule has 1 aromatic heterocycles. The number of benzene rings is 3. The maximum Gasteiger partial charge on any atom is 0.160 e. The Balaban J connectivity index is 1.89. The van der Waals surface area contributed by atoms with Crippen LogP contribution in [0.5, 0.6) is 0 Å². The maximum absolute atomic E-state index is 9.04. The summed E-state index contributed by atoms with van der Waals surface area (Å²) in [4.78, 5) is 9.58. The Bertz CT molecular complexity index is 1180. The third-order valence-corrected chi connectivity index (χ3v) is 5.28. The summed E-state index contributed by atoms with van der Waals surface area (Å²) in [6, 6.07) is 27.6. The van der Waals surface area contributed by atoms with Gasteiger partial charge in [0, 0.05) is 25.6 Å². The van der Waals surface area contributed by atoms with Gasteiger partial charge >= 0.3 is 0 Å². The molecule has 28 heavy (non-hydrogen) atoms. The predicted octanol–water partition coefficient (Wildman–Crippen LogP) is 6.87. The van der Waals surface area contributed by atoms with Crippen LogP contribution in [0.25, 0.3) is 33.9 Å². The summed E-state index contributed by atoms with van der Waals surface area (Å²) in [6.45, 7) is 0. The van der Waals surface area contributed by atoms with Crippen molar-refractivity contribution < 1.29 is 0 Å². The molecular weight excluding hydrogens is 478 g/mol. The molecule has 134 valence electrons. The second-order valence-corrected chi connectivity index (χ2v) is 8.00. The van der Waals surface area contributed by atoms with Gasteiger partial charge in [-0.2, -0.15) is 5.26 Å². The first-order valence-corrected chi connectivity index (χ1v) is 10.1. The van der Waals surface area contributed by atoms with E-state index in [1.54, 1.807) is 12.1 Å². The minimum absolute atomic E-state index is 0.611. The van der Waals surface area contributed by atoms with Crippen molar-refractivity contribution in [3.05, 3.63) is 93.4 Å². The summed E-state index contributed by atoms with van der Waals surface area (Å²) in [6.07, 6.45) is 0. The number of hydrogen-bond acceptors (Lipinski definition) is 3. The smallest absolute Gasteiger partial charge is 0.160 e. The monoisotopic (exact) mass is 489 g/mol. The molecule has 0 radical (unpaired) electrons. The minimum atomic E-state index is 0.611. The molecule has 0 N–H and O–H groups in total. The van der Waals surface area contributed by atoms with E-state index in [0.717, 1.165) is 37.0 Å². The summed E-state index contributed by atoms with van der Waals surface area (Å²) in [7, 11) is 0. The number of aromatic nitrogens is 2. The topological polar surface area (TPSA) is 49.6 Å². The van der Waals surface area contributed by atoms with Crippen LogP contribution in [0, 0.1) is 11.3 Å². The van der Waals surface area contributed by atoms with E-state index in [1.807, 2.05) is 66.7 Å². The van der Waals surface area contributed by atoms with Gasteiger partial charge in [-0.1, -0.05) is 56.1 Å². The first kappa shape index (κ1) is 18.5. The zero-order valence-corrected chi connectivity index (χ0v) is 17.8. The van der Waals surface area contributed by atoms with Gasteiger partial charge in [0.25, 0.3) is 0 Å². The van der Waals surface area contributed by atoms with E-state index in [-0.39, 0.29) is 0 Å². The Hall–Kier alpha value is -2.81. The number of halogens is 2. The Morgan fingerprint density at radius 3 is 1.93 bits per heavy atom. The van der Waals surface area contributed by atoms with E-state index < -0.39 is 0 Å². The molecule has 0 bridgehead atoms. The second kappa shape index (κ2) is 8.05. The van der Waals surface area contributed by atoms with Crippen molar-refractivity contribution in [1.29, 1.82) is 5.26 Å². The summed E-state index contributed by atoms with van der Waals surface area (Å²) < 4.78 is 2.01. The fraction of sp³-hybridized carbons (Fsp3) is 0. The molecule has 0 saturated carbocycles. The van der Waals surface area contributed by atoms with Crippen LogP contribution < -0.4 is 0 Å². The molecule has 0 spiro atoms. The van der Waals surface area contributed by atoms with Crippen molar-refractivity contribution in [2.45, 2.75) is 0 Å². The number of hydrogen-bond donors (Lipinski definition) is 0. The van der Waals surface area contributed by atoms with Crippen molar-refractivity contribution >= 4 is 31.9 Å². The summed E-state index contributed by atoms with van der Waals surface area (Å²) in [5.74, 6) is 0.625. The first-order chi connectivity index (χ1) is 13.6. The van der Waals surface area contributed by atoms with E-state index in [4.69, 9.17) is 15.2 Å². The highest BCUT2D eigenvalue weighted by atomic mass is 79.9. The van der Waals surface area contributed by atoms with Gasteiger partial charge in [-0.3, -0.25) is 0 Å². The standard InChI is InChI=1S/C23H13Br2N3/c24-19-10-8-16(9-11-19)21-13-22(18-2-1-3-20(25)12-18)28-23(27-21)17-6-4-15(14-26)5-7-17/h1-13H. The largest absolute Gasteiger partial charge is 0.228 e. The summed E-state index contributed by atoms with van der Waals surface area (Å²) in [5, 5.41) is 9.04. The van der Waals surface area contributed by atoms with Gasteiger partial charge in [-0.15, -0.1) is 0 Å². The van der Waals surface area contributed by atoms with E-state index in [1.165, 1.54) is 0 Å². The van der Waals surface area contributed by atoms with Crippen molar-refractivity contribution in [1.82, 2.24) is 9.97 Å². The minimum Gasteiger partial charge on any atom is -0.228 e. The van der Waals surface area contributed by atoms with Gasteiger partial charge in [0.15, 0.2) is 5.82 Å². The van der Waals surface area contributed by atoms with E-state index in [2.05, 4.69) is 37.9 Å². The van der Waals surface area contributed by atoms with Crippen molar-refractivity contribution in [2.75, 3.05) is 0 Å². The molecule has 4 rings (SSSR count). The molecule has 0 fully saturated rings. The first-order valence-electron chi connectivity index (χ1n) is 8.54. The lowest BCUT2D eigenvalue weighted by molar-refractivity contribution is 1.18. The average molecular weight is 491 g/mol. The molecule has 4 aromatic rings. The summed E-state index contributed by atoms with van der Waals surface area (Å²) >= 11 is 7.01. The Labute approximate surface area is 180 Å². The molecule has 0 atom stereocenters. The van der Waals surface area contributed by atoms with Crippen LogP contribution in [0.3, 0.4) is 0 Å². The number of nitriles is 1. The molecule has 5 heteroatoms. The lowest BCUT2D eigenvalue weighted by Gasteiger charge is -2.10. The van der Waals surface area contributed by atoms with Gasteiger partial charge in [-0.05, 0) is 54.6 Å². The molecule has 0 saturated heterocycles. The fourth-order valence-corrected chi connectivity index (χ4v) is 3.50. The highest BCUT2D eigenvalue weighted by molar-refractivity contribution is 9.10. The van der Waals surface area contributed by atoms with E-state index in [9.17, 15) is 0 Å². The van der Waals surface area contributed by atoms with Gasteiger partial charge in [0.2, 0.25) is 0 Å². The number of nitrogens with zero attached hydrogens (tertiary/aromatic N) is 3. The SMILES string of the molecule is N#Cc1ccc(-c2nc(-c3ccc(Br)cc3)cc(-c3cccc(Br)c3)n2)cc1. The number of rotatable bonds is 3. The fourth-order valence-electron chi connectivity index (χ4n) is 2.83. The molecule has 0 aliphatic rings. The van der Waals surface area contributed by atoms with Gasteiger partial charge in [0.1, 0.15) is 0 Å². The Kier molecular flexibility index (Phi) is 5.34. The molecule has 0 aliphatic heterocycles. The predicted molar refractivity (Wildman–Crippen MR) is 118 cm³/mol. The average Bonchev–Trinajstić information content (AvgIpc) is 2.74. The highest BCUT2D eigenvalue weighted by Crippen LogP contribution is 2.29. The molecule has 3 nitrogen and oxygen atoms in total. The van der Waals surface area contributed by atoms with Crippen LogP contribution in [-0.4, -0.2) is 9.97 Å². The molecular formula is C23H13Br2N3. The lowest BCUT2D eigenvalue weighted by atomic mass is 10.1. The lowest BCUT2D eigenvalue weighted by Crippen LogP contribution is -1.96. The molecule has 1 heterocycles. The quantitative estimate of drug-likeness (QED) is 0.314. The van der Waals surface area contributed by atoms with Crippen molar-refractivity contribution in [3.63, 3.8) is 0 Å². The molecule has 0 amide bonds. The van der Waals surface area contributed by atoms with Crippen LogP contribution in [0.1, 0.15) is 5.56 Å². The van der Waals surface area contributed by atoms with Crippen LogP contribution in [-0.2, 0) is 0 Å². The van der Waals surface area contributed by atoms with Crippen LogP contribution in [0.2, 0.25) is 0 Å². The van der Waals surface area contributed by atoms with Crippen molar-refractivity contribution in [3.8, 4) is 40.0 Å². The Morgan fingerprint density at radius 1 is 0.643 bits per heavy atom. The Morgan fingerprint density at radius 2 is 1.29 bits per heavy atom.